The van der Waals surface area contributed by atoms with Gasteiger partial charge in [-0.1, -0.05) is 32.4 Å². The lowest BCUT2D eigenvalue weighted by molar-refractivity contribution is -0.433. The molecule has 37 heavy (non-hydrogen) atoms. The second kappa shape index (κ2) is 8.15. The van der Waals surface area contributed by atoms with Crippen molar-refractivity contribution in [2.24, 2.45) is 5.41 Å². The van der Waals surface area contributed by atoms with Crippen LogP contribution in [0.2, 0.25) is 0 Å². The summed E-state index contributed by atoms with van der Waals surface area (Å²) in [5, 5.41) is 26.1. The number of hydrogen-bond acceptors (Lipinski definition) is 6. The molecule has 1 aromatic carbocycles. The van der Waals surface area contributed by atoms with Gasteiger partial charge in [0.1, 0.15) is 11.4 Å². The molecule has 2 fully saturated rings. The zero-order chi connectivity index (χ0) is 26.4. The average Bonchev–Trinajstić information content (AvgIpc) is 3.53. The van der Waals surface area contributed by atoms with E-state index in [4.69, 9.17) is 19.2 Å². The van der Waals surface area contributed by atoms with Gasteiger partial charge in [-0.25, -0.2) is 0 Å². The fraction of sp³-hybridized carbons (Fsp3) is 0.607. The SMILES string of the molecule is COc1cc(C2(O)OC3(CCOCC3)c3c4c(nc(C(C)C)c32)CC2(CC2)CC4[O-])ccc1C(F)(F)F. The number of methoxy groups -OCH3 is 1. The maximum atomic E-state index is 13.7. The van der Waals surface area contributed by atoms with Gasteiger partial charge in [0.25, 0.3) is 0 Å². The Balaban J connectivity index is 1.62. The number of alkyl halides is 3. The third-order valence-corrected chi connectivity index (χ3v) is 8.66. The molecule has 3 heterocycles. The Morgan fingerprint density at radius 2 is 1.84 bits per heavy atom. The van der Waals surface area contributed by atoms with E-state index in [0.717, 1.165) is 38.1 Å². The van der Waals surface area contributed by atoms with Gasteiger partial charge >= 0.3 is 6.18 Å². The van der Waals surface area contributed by atoms with Crippen molar-refractivity contribution in [3.63, 3.8) is 0 Å². The Kier molecular flexibility index (Phi) is 5.53. The van der Waals surface area contributed by atoms with Gasteiger partial charge in [-0.3, -0.25) is 4.98 Å². The summed E-state index contributed by atoms with van der Waals surface area (Å²) >= 11 is 0. The predicted molar refractivity (Wildman–Crippen MR) is 125 cm³/mol. The number of hydrogen-bond donors (Lipinski definition) is 1. The van der Waals surface area contributed by atoms with E-state index >= 15 is 0 Å². The quantitative estimate of drug-likeness (QED) is 0.640. The van der Waals surface area contributed by atoms with Gasteiger partial charge < -0.3 is 24.4 Å². The smallest absolute Gasteiger partial charge is 0.419 e. The van der Waals surface area contributed by atoms with E-state index in [1.165, 1.54) is 12.1 Å². The third-order valence-electron chi connectivity index (χ3n) is 8.66. The first-order chi connectivity index (χ1) is 17.4. The highest BCUT2D eigenvalue weighted by Crippen LogP contribution is 2.62. The van der Waals surface area contributed by atoms with Crippen LogP contribution in [0.25, 0.3) is 0 Å². The molecule has 2 aliphatic carbocycles. The number of ether oxygens (including phenoxy) is 3. The summed E-state index contributed by atoms with van der Waals surface area (Å²) in [6.45, 7) is 4.69. The van der Waals surface area contributed by atoms with E-state index in [1.54, 1.807) is 0 Å². The Hall–Kier alpha value is -2.20. The summed E-state index contributed by atoms with van der Waals surface area (Å²) < 4.78 is 58.1. The molecular weight excluding hydrogens is 487 g/mol. The number of benzene rings is 1. The van der Waals surface area contributed by atoms with Crippen LogP contribution in [0, 0.1) is 5.41 Å². The van der Waals surface area contributed by atoms with E-state index in [-0.39, 0.29) is 16.9 Å². The summed E-state index contributed by atoms with van der Waals surface area (Å²) in [5.41, 5.74) is 1.29. The Morgan fingerprint density at radius 3 is 2.43 bits per heavy atom. The third kappa shape index (κ3) is 3.72. The van der Waals surface area contributed by atoms with Crippen molar-refractivity contribution in [1.29, 1.82) is 0 Å². The highest BCUT2D eigenvalue weighted by atomic mass is 19.4. The molecule has 1 saturated carbocycles. The molecular formula is C28H31F3NO5-. The van der Waals surface area contributed by atoms with Gasteiger partial charge in [0, 0.05) is 42.9 Å². The van der Waals surface area contributed by atoms with Crippen molar-refractivity contribution in [2.75, 3.05) is 20.3 Å². The zero-order valence-electron chi connectivity index (χ0n) is 21.2. The first-order valence-corrected chi connectivity index (χ1v) is 12.9. The molecule has 0 bridgehead atoms. The highest BCUT2D eigenvalue weighted by Gasteiger charge is 2.59. The van der Waals surface area contributed by atoms with Crippen LogP contribution in [0.1, 0.15) is 97.2 Å². The topological polar surface area (TPSA) is 83.9 Å². The molecule has 0 radical (unpaired) electrons. The molecule has 1 saturated heterocycles. The zero-order valence-corrected chi connectivity index (χ0v) is 21.2. The molecule has 2 atom stereocenters. The van der Waals surface area contributed by atoms with E-state index in [0.29, 0.717) is 54.9 Å². The van der Waals surface area contributed by atoms with Crippen LogP contribution in [-0.2, 0) is 33.5 Å². The number of aliphatic hydroxyl groups is 1. The minimum atomic E-state index is -4.62. The second-order valence-electron chi connectivity index (χ2n) is 11.4. The molecule has 0 amide bonds. The van der Waals surface area contributed by atoms with E-state index in [9.17, 15) is 23.4 Å². The predicted octanol–water partition coefficient (Wildman–Crippen LogP) is 4.59. The molecule has 1 N–H and O–H groups in total. The molecule has 1 aromatic heterocycles. The summed E-state index contributed by atoms with van der Waals surface area (Å²) in [6, 6.07) is 3.31. The molecule has 2 spiro atoms. The van der Waals surface area contributed by atoms with E-state index < -0.39 is 35.0 Å². The first-order valence-electron chi connectivity index (χ1n) is 12.9. The number of halogens is 3. The number of rotatable bonds is 3. The molecule has 2 aromatic rings. The van der Waals surface area contributed by atoms with Crippen LogP contribution in [0.15, 0.2) is 18.2 Å². The summed E-state index contributed by atoms with van der Waals surface area (Å²) in [6.07, 6.45) is -1.49. The summed E-state index contributed by atoms with van der Waals surface area (Å²) in [5.74, 6) is -2.63. The maximum absolute atomic E-state index is 13.7. The van der Waals surface area contributed by atoms with Crippen molar-refractivity contribution in [3.05, 3.63) is 57.4 Å². The lowest BCUT2D eigenvalue weighted by atomic mass is 9.73. The molecule has 4 aliphatic rings. The lowest BCUT2D eigenvalue weighted by Gasteiger charge is -2.42. The monoisotopic (exact) mass is 518 g/mol. The van der Waals surface area contributed by atoms with Crippen molar-refractivity contribution < 1.29 is 37.6 Å². The second-order valence-corrected chi connectivity index (χ2v) is 11.4. The molecule has 6 rings (SSSR count). The number of nitrogens with zero attached hydrogens (tertiary/aromatic N) is 1. The van der Waals surface area contributed by atoms with Crippen molar-refractivity contribution >= 4 is 0 Å². The first kappa shape index (κ1) is 25.1. The standard InChI is InChI=1S/C28H31F3NO5/c1-15(2)24-23-22(21-18(32-24)13-25(6-7-25)14-19(21)33)26(8-10-36-11-9-26)37-27(23,34)16-4-5-17(28(29,30)31)20(12-16)35-3/h4-5,12,15,19,34H,6-11,13-14H2,1-3H3/q-1. The number of aromatic nitrogens is 1. The minimum Gasteiger partial charge on any atom is -0.848 e. The van der Waals surface area contributed by atoms with Gasteiger partial charge in [0.05, 0.1) is 18.4 Å². The van der Waals surface area contributed by atoms with E-state index in [2.05, 4.69) is 0 Å². The van der Waals surface area contributed by atoms with Gasteiger partial charge in [0.2, 0.25) is 5.79 Å². The molecule has 6 nitrogen and oxygen atoms in total. The van der Waals surface area contributed by atoms with Crippen LogP contribution >= 0.6 is 0 Å². The molecule has 9 heteroatoms. The highest BCUT2D eigenvalue weighted by molar-refractivity contribution is 5.57. The molecule has 200 valence electrons. The normalized spacial score (nSPS) is 27.4. The van der Waals surface area contributed by atoms with Crippen LogP contribution in [0.5, 0.6) is 5.75 Å². The van der Waals surface area contributed by atoms with Crippen LogP contribution in [-0.4, -0.2) is 30.4 Å². The van der Waals surface area contributed by atoms with Crippen molar-refractivity contribution in [3.8, 4) is 5.75 Å². The van der Waals surface area contributed by atoms with Gasteiger partial charge in [-0.2, -0.15) is 13.2 Å². The molecule has 2 aliphatic heterocycles. The fourth-order valence-electron chi connectivity index (χ4n) is 6.64. The lowest BCUT2D eigenvalue weighted by Crippen LogP contribution is -2.39. The van der Waals surface area contributed by atoms with Gasteiger partial charge in [-0.05, 0) is 53.9 Å². The summed E-state index contributed by atoms with van der Waals surface area (Å²) in [4.78, 5) is 4.99. The van der Waals surface area contributed by atoms with Crippen LogP contribution in [0.4, 0.5) is 13.2 Å². The van der Waals surface area contributed by atoms with Crippen molar-refractivity contribution in [2.45, 2.75) is 82.0 Å². The van der Waals surface area contributed by atoms with E-state index in [1.807, 2.05) is 13.8 Å². The van der Waals surface area contributed by atoms with Crippen LogP contribution in [0.3, 0.4) is 0 Å². The Morgan fingerprint density at radius 1 is 1.14 bits per heavy atom. The van der Waals surface area contributed by atoms with Gasteiger partial charge in [-0.15, -0.1) is 0 Å². The van der Waals surface area contributed by atoms with Gasteiger partial charge in [0.15, 0.2) is 0 Å². The summed E-state index contributed by atoms with van der Waals surface area (Å²) in [7, 11) is 1.16. The van der Waals surface area contributed by atoms with Crippen LogP contribution < -0.4 is 9.84 Å². The Bertz CT molecular complexity index is 1250. The molecule has 2 unspecified atom stereocenters. The minimum absolute atomic E-state index is 0.0221. The largest absolute Gasteiger partial charge is 0.848 e. The fourth-order valence-corrected chi connectivity index (χ4v) is 6.64. The average molecular weight is 519 g/mol. The Labute approximate surface area is 213 Å². The van der Waals surface area contributed by atoms with Crippen molar-refractivity contribution in [1.82, 2.24) is 4.98 Å². The number of pyridine rings is 1. The maximum Gasteiger partial charge on any atom is 0.419 e. The number of fused-ring (bicyclic) bond motifs is 4.